The predicted molar refractivity (Wildman–Crippen MR) is 129 cm³/mol. The van der Waals surface area contributed by atoms with E-state index in [1.807, 2.05) is 54.6 Å². The van der Waals surface area contributed by atoms with Gasteiger partial charge in [-0.25, -0.2) is 10.2 Å². The Morgan fingerprint density at radius 2 is 1.82 bits per heavy atom. The minimum absolute atomic E-state index is 0.294. The van der Waals surface area contributed by atoms with Crippen LogP contribution in [0, 0.1) is 0 Å². The zero-order chi connectivity index (χ0) is 22.9. The highest BCUT2D eigenvalue weighted by molar-refractivity contribution is 5.86. The highest BCUT2D eigenvalue weighted by Gasteiger charge is 2.19. The van der Waals surface area contributed by atoms with Crippen molar-refractivity contribution in [2.45, 2.75) is 6.54 Å². The number of nitrogens with one attached hydrogen (secondary N) is 1. The van der Waals surface area contributed by atoms with Crippen molar-refractivity contribution in [3.63, 3.8) is 0 Å². The van der Waals surface area contributed by atoms with Crippen molar-refractivity contribution in [3.8, 4) is 0 Å². The fraction of sp³-hybridized carbons (Fsp3) is 0.125. The number of fused-ring (bicyclic) bond motifs is 2. The minimum atomic E-state index is -0.437. The molecule has 9 nitrogen and oxygen atoms in total. The number of aromatic nitrogens is 5. The van der Waals surface area contributed by atoms with Crippen LogP contribution in [-0.4, -0.2) is 29.9 Å². The third-order valence-corrected chi connectivity index (χ3v) is 5.62. The van der Waals surface area contributed by atoms with E-state index in [1.54, 1.807) is 30.2 Å². The fourth-order valence-electron chi connectivity index (χ4n) is 3.90. The third-order valence-electron chi connectivity index (χ3n) is 5.62. The summed E-state index contributed by atoms with van der Waals surface area (Å²) < 4.78 is 4.22. The molecule has 0 bridgehead atoms. The van der Waals surface area contributed by atoms with Gasteiger partial charge in [0.1, 0.15) is 0 Å². The Morgan fingerprint density at radius 1 is 1.00 bits per heavy atom. The molecular weight excluding hydrogens is 418 g/mol. The molecule has 0 saturated carbocycles. The number of hydrogen-bond donors (Lipinski definition) is 1. The van der Waals surface area contributed by atoms with E-state index in [4.69, 9.17) is 0 Å². The third kappa shape index (κ3) is 3.59. The van der Waals surface area contributed by atoms with Crippen LogP contribution >= 0.6 is 0 Å². The van der Waals surface area contributed by atoms with Crippen LogP contribution < -0.4 is 16.7 Å². The van der Waals surface area contributed by atoms with Gasteiger partial charge in [0.25, 0.3) is 5.56 Å². The molecule has 0 fully saturated rings. The number of rotatable bonds is 5. The van der Waals surface area contributed by atoms with Crippen molar-refractivity contribution >= 4 is 34.1 Å². The van der Waals surface area contributed by atoms with E-state index in [-0.39, 0.29) is 0 Å². The number of hydrogen-bond acceptors (Lipinski definition) is 6. The summed E-state index contributed by atoms with van der Waals surface area (Å²) in [6, 6.07) is 17.8. The predicted octanol–water partition coefficient (Wildman–Crippen LogP) is 2.48. The van der Waals surface area contributed by atoms with E-state index in [2.05, 4.69) is 20.5 Å². The summed E-state index contributed by atoms with van der Waals surface area (Å²) in [5.74, 6) is 0.358. The van der Waals surface area contributed by atoms with Crippen molar-refractivity contribution in [1.82, 2.24) is 23.7 Å². The molecule has 0 atom stereocenters. The smallest absolute Gasteiger partial charge is 0.298 e. The molecule has 3 heterocycles. The first-order valence-electron chi connectivity index (χ1n) is 10.4. The number of nitrogens with zero attached hydrogens (tertiary/aromatic N) is 6. The van der Waals surface area contributed by atoms with Gasteiger partial charge >= 0.3 is 5.69 Å². The van der Waals surface area contributed by atoms with E-state index in [1.165, 1.54) is 11.6 Å². The maximum atomic E-state index is 13.1. The first-order chi connectivity index (χ1) is 16.0. The van der Waals surface area contributed by atoms with Crippen molar-refractivity contribution in [2.75, 3.05) is 5.43 Å². The molecule has 9 heteroatoms. The van der Waals surface area contributed by atoms with E-state index in [0.717, 1.165) is 26.5 Å². The molecule has 3 aromatic heterocycles. The molecule has 1 N–H and O–H groups in total. The maximum Gasteiger partial charge on any atom is 0.332 e. The quantitative estimate of drug-likeness (QED) is 0.335. The summed E-state index contributed by atoms with van der Waals surface area (Å²) >= 11 is 0. The molecule has 0 unspecified atom stereocenters. The van der Waals surface area contributed by atoms with Gasteiger partial charge in [-0.15, -0.1) is 0 Å². The van der Waals surface area contributed by atoms with Crippen LogP contribution in [0.1, 0.15) is 11.1 Å². The topological polar surface area (TPSA) is 99.1 Å². The summed E-state index contributed by atoms with van der Waals surface area (Å²) in [4.78, 5) is 34.2. The molecule has 0 aliphatic heterocycles. The van der Waals surface area contributed by atoms with E-state index in [9.17, 15) is 9.59 Å². The molecule has 5 rings (SSSR count). The van der Waals surface area contributed by atoms with Crippen LogP contribution in [0.25, 0.3) is 21.9 Å². The number of imidazole rings is 1. The monoisotopic (exact) mass is 439 g/mol. The van der Waals surface area contributed by atoms with Crippen LogP contribution in [0.5, 0.6) is 0 Å². The molecule has 5 aromatic rings. The normalized spacial score (nSPS) is 11.6. The van der Waals surface area contributed by atoms with Crippen LogP contribution in [0.2, 0.25) is 0 Å². The molecule has 33 heavy (non-hydrogen) atoms. The van der Waals surface area contributed by atoms with Crippen LogP contribution in [-0.2, 0) is 20.6 Å². The second-order valence-corrected chi connectivity index (χ2v) is 7.69. The summed E-state index contributed by atoms with van der Waals surface area (Å²) in [6.45, 7) is 0.371. The molecule has 0 radical (unpaired) electrons. The number of benzene rings is 2. The molecular formula is C24H21N7O2. The standard InChI is InChI=1S/C24H21N7O2/c1-29-21-20(22(32)30(2)24(29)33)31(15-18-10-5-9-17-8-3-4-11-19(17)18)23(27-21)28-26-14-16-7-6-12-25-13-16/h3-14H,15H2,1-2H3,(H,27,28)/b26-14+. The summed E-state index contributed by atoms with van der Waals surface area (Å²) in [5, 5.41) is 6.46. The van der Waals surface area contributed by atoms with Crippen molar-refractivity contribution < 1.29 is 0 Å². The average molecular weight is 439 g/mol. The van der Waals surface area contributed by atoms with Gasteiger partial charge in [-0.05, 0) is 22.4 Å². The lowest BCUT2D eigenvalue weighted by Crippen LogP contribution is -2.37. The number of anilines is 1. The number of pyridine rings is 1. The highest BCUT2D eigenvalue weighted by Crippen LogP contribution is 2.23. The minimum Gasteiger partial charge on any atom is -0.298 e. The largest absolute Gasteiger partial charge is 0.332 e. The Labute approximate surface area is 188 Å². The molecule has 0 spiro atoms. The second-order valence-electron chi connectivity index (χ2n) is 7.69. The highest BCUT2D eigenvalue weighted by atomic mass is 16.2. The van der Waals surface area contributed by atoms with E-state index >= 15 is 0 Å². The Hall–Kier alpha value is -4.53. The molecule has 2 aromatic carbocycles. The molecule has 0 saturated heterocycles. The van der Waals surface area contributed by atoms with Gasteiger partial charge in [0.15, 0.2) is 11.2 Å². The molecule has 0 amide bonds. The molecule has 0 aliphatic carbocycles. The van der Waals surface area contributed by atoms with Gasteiger partial charge in [0.05, 0.1) is 12.8 Å². The van der Waals surface area contributed by atoms with Gasteiger partial charge < -0.3 is 0 Å². The second kappa shape index (κ2) is 8.19. The lowest BCUT2D eigenvalue weighted by molar-refractivity contribution is 0.703. The Bertz CT molecular complexity index is 1620. The zero-order valence-electron chi connectivity index (χ0n) is 18.1. The van der Waals surface area contributed by atoms with E-state index < -0.39 is 11.2 Å². The van der Waals surface area contributed by atoms with Gasteiger partial charge in [0, 0.05) is 32.1 Å². The van der Waals surface area contributed by atoms with Gasteiger partial charge in [-0.3, -0.25) is 23.5 Å². The van der Waals surface area contributed by atoms with Crippen LogP contribution in [0.3, 0.4) is 0 Å². The fourth-order valence-corrected chi connectivity index (χ4v) is 3.90. The van der Waals surface area contributed by atoms with Crippen molar-refractivity contribution in [3.05, 3.63) is 99.0 Å². The molecule has 0 aliphatic rings. The number of aryl methyl sites for hydroxylation is 1. The van der Waals surface area contributed by atoms with Gasteiger partial charge in [-0.1, -0.05) is 48.5 Å². The Kier molecular flexibility index (Phi) is 5.06. The zero-order valence-corrected chi connectivity index (χ0v) is 18.1. The first kappa shape index (κ1) is 20.4. The Morgan fingerprint density at radius 3 is 2.64 bits per heavy atom. The van der Waals surface area contributed by atoms with Gasteiger partial charge in [-0.2, -0.15) is 10.1 Å². The summed E-state index contributed by atoms with van der Waals surface area (Å²) in [5.41, 5.74) is 4.54. The summed E-state index contributed by atoms with van der Waals surface area (Å²) in [6.07, 6.45) is 4.99. The van der Waals surface area contributed by atoms with Crippen molar-refractivity contribution in [1.29, 1.82) is 0 Å². The lowest BCUT2D eigenvalue weighted by Gasteiger charge is -2.11. The first-order valence-corrected chi connectivity index (χ1v) is 10.4. The number of hydrazone groups is 1. The summed E-state index contributed by atoms with van der Waals surface area (Å²) in [7, 11) is 3.06. The van der Waals surface area contributed by atoms with Crippen LogP contribution in [0.4, 0.5) is 5.95 Å². The maximum absolute atomic E-state index is 13.1. The SMILES string of the molecule is Cn1c(=O)c2c(nc(N/N=C/c3cccnc3)n2Cc2cccc3ccccc23)n(C)c1=O. The van der Waals surface area contributed by atoms with Gasteiger partial charge in [0.2, 0.25) is 5.95 Å². The van der Waals surface area contributed by atoms with E-state index in [0.29, 0.717) is 23.7 Å². The van der Waals surface area contributed by atoms with Crippen LogP contribution in [0.15, 0.2) is 81.7 Å². The average Bonchev–Trinajstić information content (AvgIpc) is 3.20. The Balaban J connectivity index is 1.67. The molecule has 164 valence electrons. The lowest BCUT2D eigenvalue weighted by atomic mass is 10.0. The van der Waals surface area contributed by atoms with Crippen molar-refractivity contribution in [2.24, 2.45) is 19.2 Å².